The van der Waals surface area contributed by atoms with Gasteiger partial charge in [0, 0.05) is 0 Å². The average molecular weight is 211 g/mol. The Bertz CT molecular complexity index is 416. The first-order chi connectivity index (χ1) is 7.68. The summed E-state index contributed by atoms with van der Waals surface area (Å²) in [6.07, 6.45) is 7.78. The van der Waals surface area contributed by atoms with Gasteiger partial charge in [0.25, 0.3) is 0 Å². The molecule has 1 aromatic carbocycles. The van der Waals surface area contributed by atoms with Crippen LogP contribution < -0.4 is 0 Å². The molecule has 0 atom stereocenters. The van der Waals surface area contributed by atoms with Gasteiger partial charge in [-0.1, -0.05) is 50.3 Å². The first-order valence-corrected chi connectivity index (χ1v) is 5.99. The Morgan fingerprint density at radius 2 is 1.75 bits per heavy atom. The summed E-state index contributed by atoms with van der Waals surface area (Å²) in [7, 11) is 0. The molecule has 0 saturated heterocycles. The zero-order valence-electron chi connectivity index (χ0n) is 10.3. The zero-order chi connectivity index (χ0) is 11.5. The topological polar surface area (TPSA) is 0 Å². The van der Waals surface area contributed by atoms with Crippen molar-refractivity contribution in [3.8, 4) is 0 Å². The lowest BCUT2D eigenvalue weighted by Crippen LogP contribution is -1.94. The Morgan fingerprint density at radius 3 is 2.31 bits per heavy atom. The third-order valence-electron chi connectivity index (χ3n) is 3.14. The smallest absolute Gasteiger partial charge is 0.00466 e. The van der Waals surface area contributed by atoms with E-state index in [1.807, 2.05) is 0 Å². The van der Waals surface area contributed by atoms with Crippen LogP contribution in [0.4, 0.5) is 0 Å². The molecule has 0 fully saturated rings. The lowest BCUT2D eigenvalue weighted by atomic mass is 9.91. The van der Waals surface area contributed by atoms with Gasteiger partial charge >= 0.3 is 0 Å². The molecule has 0 nitrogen and oxygen atoms in total. The highest BCUT2D eigenvalue weighted by Gasteiger charge is 2.08. The fraction of sp³-hybridized carbons (Fsp3) is 0.312. The SMILES string of the molecule is CC1=C(c2ccc(C(C)C)cc2)[CH]CC=C1. The van der Waals surface area contributed by atoms with Crippen molar-refractivity contribution < 1.29 is 0 Å². The largest absolute Gasteiger partial charge is 0.0836 e. The van der Waals surface area contributed by atoms with E-state index < -0.39 is 0 Å². The number of hydrogen-bond acceptors (Lipinski definition) is 0. The number of allylic oxidation sites excluding steroid dienone is 4. The van der Waals surface area contributed by atoms with E-state index in [1.54, 1.807) is 0 Å². The van der Waals surface area contributed by atoms with Crippen molar-refractivity contribution >= 4 is 5.57 Å². The molecule has 1 radical (unpaired) electrons. The fourth-order valence-corrected chi connectivity index (χ4v) is 2.07. The lowest BCUT2D eigenvalue weighted by molar-refractivity contribution is 0.866. The van der Waals surface area contributed by atoms with Gasteiger partial charge in [0.1, 0.15) is 0 Å². The van der Waals surface area contributed by atoms with Gasteiger partial charge in [-0.3, -0.25) is 0 Å². The van der Waals surface area contributed by atoms with Crippen LogP contribution in [0.1, 0.15) is 44.2 Å². The van der Waals surface area contributed by atoms with Gasteiger partial charge in [0.15, 0.2) is 0 Å². The maximum atomic E-state index is 2.31. The Kier molecular flexibility index (Phi) is 3.28. The third kappa shape index (κ3) is 2.27. The Labute approximate surface area is 98.7 Å². The summed E-state index contributed by atoms with van der Waals surface area (Å²) >= 11 is 0. The number of rotatable bonds is 2. The van der Waals surface area contributed by atoms with Crippen molar-refractivity contribution in [2.75, 3.05) is 0 Å². The lowest BCUT2D eigenvalue weighted by Gasteiger charge is -2.14. The molecule has 16 heavy (non-hydrogen) atoms. The fourth-order valence-electron chi connectivity index (χ4n) is 2.07. The molecule has 0 unspecified atom stereocenters. The maximum absolute atomic E-state index is 2.31. The quantitative estimate of drug-likeness (QED) is 0.662. The van der Waals surface area contributed by atoms with E-state index in [-0.39, 0.29) is 0 Å². The van der Waals surface area contributed by atoms with Gasteiger partial charge in [0.2, 0.25) is 0 Å². The van der Waals surface area contributed by atoms with Crippen LogP contribution in [0.3, 0.4) is 0 Å². The van der Waals surface area contributed by atoms with E-state index in [4.69, 9.17) is 0 Å². The van der Waals surface area contributed by atoms with Crippen molar-refractivity contribution in [1.29, 1.82) is 0 Å². The average Bonchev–Trinajstić information content (AvgIpc) is 2.30. The first-order valence-electron chi connectivity index (χ1n) is 5.99. The van der Waals surface area contributed by atoms with Gasteiger partial charge in [-0.25, -0.2) is 0 Å². The highest BCUT2D eigenvalue weighted by molar-refractivity contribution is 5.77. The minimum absolute atomic E-state index is 0.611. The van der Waals surface area contributed by atoms with E-state index in [2.05, 4.69) is 63.6 Å². The highest BCUT2D eigenvalue weighted by atomic mass is 14.1. The molecule has 0 heterocycles. The van der Waals surface area contributed by atoms with E-state index >= 15 is 0 Å². The molecule has 2 rings (SSSR count). The molecule has 0 aliphatic heterocycles. The van der Waals surface area contributed by atoms with Crippen LogP contribution in [0.2, 0.25) is 0 Å². The van der Waals surface area contributed by atoms with Gasteiger partial charge in [-0.15, -0.1) is 0 Å². The predicted octanol–water partition coefficient (Wildman–Crippen LogP) is 4.75. The van der Waals surface area contributed by atoms with Crippen LogP contribution in [0.5, 0.6) is 0 Å². The molecule has 0 saturated carbocycles. The summed E-state index contributed by atoms with van der Waals surface area (Å²) in [4.78, 5) is 0. The number of benzene rings is 1. The van der Waals surface area contributed by atoms with Crippen LogP contribution in [-0.2, 0) is 0 Å². The summed E-state index contributed by atoms with van der Waals surface area (Å²) in [6, 6.07) is 8.96. The Hall–Kier alpha value is -1.30. The summed E-state index contributed by atoms with van der Waals surface area (Å²) < 4.78 is 0. The number of hydrogen-bond donors (Lipinski definition) is 0. The second-order valence-corrected chi connectivity index (χ2v) is 4.72. The molecule has 0 aromatic heterocycles. The zero-order valence-corrected chi connectivity index (χ0v) is 10.3. The van der Waals surface area contributed by atoms with E-state index in [0.29, 0.717) is 5.92 Å². The van der Waals surface area contributed by atoms with Crippen LogP contribution in [-0.4, -0.2) is 0 Å². The molecular weight excluding hydrogens is 192 g/mol. The van der Waals surface area contributed by atoms with Crippen LogP contribution in [0.25, 0.3) is 5.57 Å². The molecule has 0 bridgehead atoms. The molecule has 0 N–H and O–H groups in total. The predicted molar refractivity (Wildman–Crippen MR) is 71.2 cm³/mol. The molecule has 0 amide bonds. The minimum atomic E-state index is 0.611. The van der Waals surface area contributed by atoms with E-state index in [9.17, 15) is 0 Å². The summed E-state index contributed by atoms with van der Waals surface area (Å²) in [6.45, 7) is 6.64. The van der Waals surface area contributed by atoms with Crippen LogP contribution in [0, 0.1) is 6.42 Å². The third-order valence-corrected chi connectivity index (χ3v) is 3.14. The molecule has 1 aromatic rings. The van der Waals surface area contributed by atoms with E-state index in [0.717, 1.165) is 6.42 Å². The highest BCUT2D eigenvalue weighted by Crippen LogP contribution is 2.28. The monoisotopic (exact) mass is 211 g/mol. The minimum Gasteiger partial charge on any atom is -0.0836 e. The normalized spacial score (nSPS) is 16.0. The molecule has 0 spiro atoms. The van der Waals surface area contributed by atoms with Gasteiger partial charge in [-0.2, -0.15) is 0 Å². The second-order valence-electron chi connectivity index (χ2n) is 4.72. The van der Waals surface area contributed by atoms with Gasteiger partial charge < -0.3 is 0 Å². The molecule has 83 valence electrons. The van der Waals surface area contributed by atoms with Crippen molar-refractivity contribution in [3.05, 3.63) is 59.5 Å². The molecular formula is C16H19. The Morgan fingerprint density at radius 1 is 1.06 bits per heavy atom. The summed E-state index contributed by atoms with van der Waals surface area (Å²) in [5.74, 6) is 0.611. The standard InChI is InChI=1S/C16H19/c1-12(2)14-8-10-15(11-9-14)16-7-5-4-6-13(16)3/h4,6-12H,5H2,1-3H3. The second kappa shape index (κ2) is 4.69. The van der Waals surface area contributed by atoms with Crippen molar-refractivity contribution in [2.24, 2.45) is 0 Å². The first kappa shape index (κ1) is 11.2. The van der Waals surface area contributed by atoms with E-state index in [1.165, 1.54) is 22.3 Å². The maximum Gasteiger partial charge on any atom is -0.00466 e. The van der Waals surface area contributed by atoms with Crippen molar-refractivity contribution in [3.63, 3.8) is 0 Å². The summed E-state index contributed by atoms with van der Waals surface area (Å²) in [5, 5.41) is 0. The molecule has 1 aliphatic rings. The van der Waals surface area contributed by atoms with Gasteiger partial charge in [-0.05, 0) is 48.0 Å². The van der Waals surface area contributed by atoms with Crippen LogP contribution >= 0.6 is 0 Å². The van der Waals surface area contributed by atoms with Gasteiger partial charge in [0.05, 0.1) is 0 Å². The van der Waals surface area contributed by atoms with Crippen molar-refractivity contribution in [2.45, 2.75) is 33.1 Å². The molecule has 0 heteroatoms. The Balaban J connectivity index is 2.31. The summed E-state index contributed by atoms with van der Waals surface area (Å²) in [5.41, 5.74) is 5.50. The van der Waals surface area contributed by atoms with Crippen LogP contribution in [0.15, 0.2) is 42.0 Å². The molecule has 1 aliphatic carbocycles. The van der Waals surface area contributed by atoms with Crippen molar-refractivity contribution in [1.82, 2.24) is 0 Å².